The highest BCUT2D eigenvalue weighted by Crippen LogP contribution is 2.27. The van der Waals surface area contributed by atoms with Gasteiger partial charge in [-0.1, -0.05) is 136 Å². The van der Waals surface area contributed by atoms with E-state index in [4.69, 9.17) is 29.2 Å². The largest absolute Gasteiger partial charge is 0.493 e. The molecular weight excluding hydrogens is 763 g/mol. The Morgan fingerprint density at radius 2 is 0.967 bits per heavy atom. The smallest absolute Gasteiger partial charge is 0.306 e. The molecule has 0 saturated heterocycles. The van der Waals surface area contributed by atoms with Gasteiger partial charge in [-0.15, -0.1) is 0 Å². The Hall–Kier alpha value is -3.34. The molecule has 0 radical (unpaired) electrons. The maximum atomic E-state index is 12.8. The molecule has 1 rings (SSSR count). The average molecular weight is 848 g/mol. The van der Waals surface area contributed by atoms with Crippen LogP contribution in [0.2, 0.25) is 0 Å². The summed E-state index contributed by atoms with van der Waals surface area (Å²) in [6, 6.07) is 6.01. The summed E-state index contributed by atoms with van der Waals surface area (Å²) in [6.45, 7) is 5.94. The van der Waals surface area contributed by atoms with Gasteiger partial charge in [0, 0.05) is 44.7 Å². The highest BCUT2D eigenvalue weighted by Gasteiger charge is 2.18. The number of rotatable bonds is 42. The molecule has 0 fully saturated rings. The quantitative estimate of drug-likeness (QED) is 0.0478. The zero-order valence-corrected chi connectivity index (χ0v) is 38.3. The van der Waals surface area contributed by atoms with Gasteiger partial charge in [-0.2, -0.15) is 0 Å². The molecule has 2 atom stereocenters. The lowest BCUT2D eigenvalue weighted by Crippen LogP contribution is -2.27. The molecular formula is C49H85NO10. The van der Waals surface area contributed by atoms with E-state index in [1.165, 1.54) is 6.42 Å². The molecule has 1 aromatic rings. The first-order valence-corrected chi connectivity index (χ1v) is 23.8. The lowest BCUT2D eigenvalue weighted by molar-refractivity contribution is -0.160. The molecule has 0 spiro atoms. The fourth-order valence-electron chi connectivity index (χ4n) is 7.42. The minimum Gasteiger partial charge on any atom is -0.493 e. The van der Waals surface area contributed by atoms with E-state index >= 15 is 0 Å². The summed E-state index contributed by atoms with van der Waals surface area (Å²) in [5.41, 5.74) is 1.06. The lowest BCUT2D eigenvalue weighted by Gasteiger charge is -2.20. The average Bonchev–Trinajstić information content (AvgIpc) is 3.19. The van der Waals surface area contributed by atoms with Crippen LogP contribution in [0.3, 0.4) is 0 Å². The van der Waals surface area contributed by atoms with Crippen molar-refractivity contribution in [1.29, 1.82) is 0 Å². The van der Waals surface area contributed by atoms with Crippen molar-refractivity contribution in [2.75, 3.05) is 33.9 Å². The minimum atomic E-state index is -0.726. The normalized spacial score (nSPS) is 12.3. The zero-order chi connectivity index (χ0) is 44.1. The molecule has 0 bridgehead atoms. The molecule has 0 aliphatic carbocycles. The Kier molecular flexibility index (Phi) is 34.1. The van der Waals surface area contributed by atoms with E-state index in [-0.39, 0.29) is 38.0 Å². The third kappa shape index (κ3) is 33.4. The second kappa shape index (κ2) is 37.4. The zero-order valence-electron chi connectivity index (χ0n) is 38.3. The van der Waals surface area contributed by atoms with Crippen LogP contribution in [0, 0.1) is 5.92 Å². The number of hydrogen-bond acceptors (Lipinski definition) is 9. The maximum absolute atomic E-state index is 12.8. The van der Waals surface area contributed by atoms with Crippen LogP contribution in [0.4, 0.5) is 0 Å². The lowest BCUT2D eigenvalue weighted by atomic mass is 9.91. The third-order valence-electron chi connectivity index (χ3n) is 10.9. The van der Waals surface area contributed by atoms with E-state index in [2.05, 4.69) is 24.8 Å². The summed E-state index contributed by atoms with van der Waals surface area (Å²) in [5, 5.41) is 17.8. The van der Waals surface area contributed by atoms with Gasteiger partial charge in [-0.05, 0) is 69.8 Å². The van der Waals surface area contributed by atoms with E-state index in [0.717, 1.165) is 159 Å². The highest BCUT2D eigenvalue weighted by atomic mass is 16.6. The van der Waals surface area contributed by atoms with Crippen LogP contribution in [-0.4, -0.2) is 79.0 Å². The van der Waals surface area contributed by atoms with Gasteiger partial charge in [-0.25, -0.2) is 0 Å². The fourth-order valence-corrected chi connectivity index (χ4v) is 7.42. The topological polar surface area (TPSA) is 149 Å². The number of hydrogen-bond donors (Lipinski definition) is 2. The second-order valence-corrected chi connectivity index (χ2v) is 17.1. The molecule has 0 unspecified atom stereocenters. The minimum absolute atomic E-state index is 0.0203. The Balaban J connectivity index is 2.84. The van der Waals surface area contributed by atoms with Gasteiger partial charge in [0.25, 0.3) is 0 Å². The van der Waals surface area contributed by atoms with Gasteiger partial charge >= 0.3 is 23.9 Å². The van der Waals surface area contributed by atoms with Gasteiger partial charge < -0.3 is 34.1 Å². The molecule has 0 aliphatic rings. The molecule has 346 valence electrons. The van der Waals surface area contributed by atoms with Crippen molar-refractivity contribution in [3.05, 3.63) is 23.8 Å². The van der Waals surface area contributed by atoms with Crippen molar-refractivity contribution < 1.29 is 48.3 Å². The van der Waals surface area contributed by atoms with Crippen LogP contribution < -0.4 is 9.47 Å². The van der Waals surface area contributed by atoms with Crippen LogP contribution >= 0.6 is 0 Å². The first-order chi connectivity index (χ1) is 29.0. The summed E-state index contributed by atoms with van der Waals surface area (Å²) in [7, 11) is 4.05. The van der Waals surface area contributed by atoms with Gasteiger partial charge in [0.1, 0.15) is 24.2 Å². The molecule has 11 heteroatoms. The predicted octanol–water partition coefficient (Wildman–Crippen LogP) is 12.1. The van der Waals surface area contributed by atoms with E-state index in [1.54, 1.807) is 0 Å². The van der Waals surface area contributed by atoms with Gasteiger partial charge in [0.05, 0.1) is 13.2 Å². The molecule has 2 N–H and O–H groups in total. The number of ether oxygens (including phenoxy) is 4. The third-order valence-corrected chi connectivity index (χ3v) is 10.9. The standard InChI is InChI=1S/C49H85NO10/c1-5-7-9-14-24-30-48(55)59-40-43(60-49(56)31-25-15-10-8-6-2)33-35-58-45-37-42(39-50(3)4)36-44(38-45)57-34-32-41(27-21-17-13-19-23-29-47(53)54)26-20-16-11-12-18-22-28-46(51)52/h36-38,41,43H,5-35,39-40H2,1-4H3,(H,51,52)(H,53,54)/t41-,43-/m1/s1. The van der Waals surface area contributed by atoms with Gasteiger partial charge in [-0.3, -0.25) is 19.2 Å². The number of carboxylic acid groups (broad SMARTS) is 2. The van der Waals surface area contributed by atoms with E-state index < -0.39 is 18.0 Å². The van der Waals surface area contributed by atoms with Crippen LogP contribution in [0.25, 0.3) is 0 Å². The monoisotopic (exact) mass is 848 g/mol. The number of nitrogens with zero attached hydrogens (tertiary/aromatic N) is 1. The van der Waals surface area contributed by atoms with Crippen molar-refractivity contribution in [3.63, 3.8) is 0 Å². The van der Waals surface area contributed by atoms with Crippen molar-refractivity contribution in [2.24, 2.45) is 5.92 Å². The van der Waals surface area contributed by atoms with E-state index in [1.807, 2.05) is 26.2 Å². The SMILES string of the molecule is CCCCCCCC(=O)OC[C@@H](CCOc1cc(CN(C)C)cc(OCC[C@H](CCCCCCCCC(=O)O)CCCCCCCC(=O)O)c1)OC(=O)CCCCCCC. The number of carboxylic acids is 2. The van der Waals surface area contributed by atoms with Crippen LogP contribution in [0.1, 0.15) is 206 Å². The Morgan fingerprint density at radius 1 is 0.533 bits per heavy atom. The Bertz CT molecular complexity index is 1250. The van der Waals surface area contributed by atoms with Crippen molar-refractivity contribution in [3.8, 4) is 11.5 Å². The number of aliphatic carboxylic acids is 2. The second-order valence-electron chi connectivity index (χ2n) is 17.1. The van der Waals surface area contributed by atoms with Crippen LogP contribution in [-0.2, 0) is 35.2 Å². The van der Waals surface area contributed by atoms with E-state index in [0.29, 0.717) is 44.1 Å². The number of benzene rings is 1. The Morgan fingerprint density at radius 3 is 1.45 bits per heavy atom. The first-order valence-electron chi connectivity index (χ1n) is 23.8. The summed E-state index contributed by atoms with van der Waals surface area (Å²) in [6.07, 6.45) is 25.8. The van der Waals surface area contributed by atoms with Crippen LogP contribution in [0.15, 0.2) is 18.2 Å². The molecule has 0 heterocycles. The van der Waals surface area contributed by atoms with Gasteiger partial charge in [0.15, 0.2) is 0 Å². The van der Waals surface area contributed by atoms with Crippen molar-refractivity contribution in [2.45, 2.75) is 213 Å². The predicted molar refractivity (Wildman–Crippen MR) is 240 cm³/mol. The summed E-state index contributed by atoms with van der Waals surface area (Å²) in [5.74, 6) is -0.0107. The first kappa shape index (κ1) is 54.7. The number of carbonyl (C=O) groups excluding carboxylic acids is 2. The van der Waals surface area contributed by atoms with Crippen molar-refractivity contribution in [1.82, 2.24) is 4.90 Å². The number of carbonyl (C=O) groups is 4. The van der Waals surface area contributed by atoms with Gasteiger partial charge in [0.2, 0.25) is 0 Å². The number of unbranched alkanes of at least 4 members (excludes halogenated alkanes) is 17. The molecule has 0 saturated carbocycles. The molecule has 0 amide bonds. The maximum Gasteiger partial charge on any atom is 0.306 e. The number of esters is 2. The summed E-state index contributed by atoms with van der Waals surface area (Å²) < 4.78 is 24.1. The molecule has 60 heavy (non-hydrogen) atoms. The van der Waals surface area contributed by atoms with Crippen molar-refractivity contribution >= 4 is 23.9 Å². The fraction of sp³-hybridized carbons (Fsp3) is 0.796. The molecule has 1 aromatic carbocycles. The Labute approximate surface area is 364 Å². The van der Waals surface area contributed by atoms with Crippen LogP contribution in [0.5, 0.6) is 11.5 Å². The molecule has 11 nitrogen and oxygen atoms in total. The van der Waals surface area contributed by atoms with E-state index in [9.17, 15) is 19.2 Å². The molecule has 0 aliphatic heterocycles. The summed E-state index contributed by atoms with van der Waals surface area (Å²) in [4.78, 5) is 49.1. The molecule has 0 aromatic heterocycles. The summed E-state index contributed by atoms with van der Waals surface area (Å²) >= 11 is 0. The highest BCUT2D eigenvalue weighted by molar-refractivity contribution is 5.70.